The molecule has 0 amide bonds. The zero-order chi connectivity index (χ0) is 15.7. The third kappa shape index (κ3) is 3.06. The monoisotopic (exact) mass is 379 g/mol. The Bertz CT molecular complexity index is 772. The van der Waals surface area contributed by atoms with E-state index in [4.69, 9.17) is 0 Å². The van der Waals surface area contributed by atoms with Crippen LogP contribution in [0.4, 0.5) is 5.69 Å². The molecule has 0 radical (unpaired) electrons. The molecule has 0 N–H and O–H groups in total. The van der Waals surface area contributed by atoms with Gasteiger partial charge in [0.2, 0.25) is 0 Å². The average Bonchev–Trinajstić information content (AvgIpc) is 2.81. The lowest BCUT2D eigenvalue weighted by atomic mass is 10.1. The molecule has 2 aromatic carbocycles. The maximum Gasteiger partial charge on any atom is 0.180 e. The molecule has 3 rings (SSSR count). The molecule has 1 aliphatic rings. The van der Waals surface area contributed by atoms with Crippen LogP contribution in [0.1, 0.15) is 12.5 Å². The highest BCUT2D eigenvalue weighted by atomic mass is 79.9. The van der Waals surface area contributed by atoms with Crippen molar-refractivity contribution in [2.45, 2.75) is 24.3 Å². The Balaban J connectivity index is 1.76. The summed E-state index contributed by atoms with van der Waals surface area (Å²) in [5, 5.41) is 0. The molecule has 22 heavy (non-hydrogen) atoms. The van der Waals surface area contributed by atoms with Crippen LogP contribution in [0, 0.1) is 0 Å². The topological polar surface area (TPSA) is 37.4 Å². The van der Waals surface area contributed by atoms with Crippen LogP contribution in [0.15, 0.2) is 57.9 Å². The van der Waals surface area contributed by atoms with Crippen molar-refractivity contribution in [2.75, 3.05) is 17.2 Å². The van der Waals surface area contributed by atoms with Crippen LogP contribution in [-0.2, 0) is 16.3 Å². The van der Waals surface area contributed by atoms with Crippen molar-refractivity contribution in [1.29, 1.82) is 0 Å². The van der Waals surface area contributed by atoms with Gasteiger partial charge in [0.15, 0.2) is 9.84 Å². The molecule has 5 heteroatoms. The first-order valence-corrected chi connectivity index (χ1v) is 9.75. The van der Waals surface area contributed by atoms with Crippen LogP contribution >= 0.6 is 15.9 Å². The molecule has 1 heterocycles. The van der Waals surface area contributed by atoms with Crippen molar-refractivity contribution in [3.8, 4) is 0 Å². The number of hydrogen-bond donors (Lipinski definition) is 0. The van der Waals surface area contributed by atoms with Crippen molar-refractivity contribution in [1.82, 2.24) is 0 Å². The van der Waals surface area contributed by atoms with E-state index < -0.39 is 9.84 Å². The fourth-order valence-corrected chi connectivity index (χ4v) is 4.44. The maximum atomic E-state index is 12.5. The summed E-state index contributed by atoms with van der Waals surface area (Å²) >= 11 is 3.33. The molecule has 0 aromatic heterocycles. The standard InChI is InChI=1S/C17H18BrNO2S/c1-13-12-14-4-2-3-5-17(14)19(13)10-11-22(20,21)16-8-6-15(18)7-9-16/h2-9,13H,10-12H2,1H3/t13-/m1/s1. The highest BCUT2D eigenvalue weighted by Gasteiger charge is 2.27. The minimum Gasteiger partial charge on any atom is -0.367 e. The van der Waals surface area contributed by atoms with E-state index in [9.17, 15) is 8.42 Å². The summed E-state index contributed by atoms with van der Waals surface area (Å²) in [7, 11) is -3.25. The Hall–Kier alpha value is -1.33. The molecule has 116 valence electrons. The van der Waals surface area contributed by atoms with Crippen molar-refractivity contribution in [3.05, 3.63) is 58.6 Å². The molecule has 0 fully saturated rings. The Labute approximate surface area is 140 Å². The Morgan fingerprint density at radius 1 is 1.14 bits per heavy atom. The van der Waals surface area contributed by atoms with Gasteiger partial charge in [-0.25, -0.2) is 8.42 Å². The number of fused-ring (bicyclic) bond motifs is 1. The van der Waals surface area contributed by atoms with E-state index >= 15 is 0 Å². The van der Waals surface area contributed by atoms with Crippen LogP contribution in [0.25, 0.3) is 0 Å². The predicted octanol–water partition coefficient (Wildman–Crippen LogP) is 3.67. The molecule has 2 aromatic rings. The van der Waals surface area contributed by atoms with Crippen molar-refractivity contribution >= 4 is 31.5 Å². The van der Waals surface area contributed by atoms with Gasteiger partial charge in [0.05, 0.1) is 10.6 Å². The zero-order valence-corrected chi connectivity index (χ0v) is 14.8. The van der Waals surface area contributed by atoms with Gasteiger partial charge in [-0.05, 0) is 49.2 Å². The maximum absolute atomic E-state index is 12.5. The molecule has 0 unspecified atom stereocenters. The lowest BCUT2D eigenvalue weighted by molar-refractivity contribution is 0.592. The lowest BCUT2D eigenvalue weighted by Crippen LogP contribution is -2.33. The van der Waals surface area contributed by atoms with E-state index in [0.29, 0.717) is 17.5 Å². The molecule has 0 aliphatic carbocycles. The molecule has 1 atom stereocenters. The van der Waals surface area contributed by atoms with Gasteiger partial charge in [0.25, 0.3) is 0 Å². The number of anilines is 1. The fourth-order valence-electron chi connectivity index (χ4n) is 2.95. The highest BCUT2D eigenvalue weighted by Crippen LogP contribution is 2.31. The second kappa shape index (κ2) is 6.05. The molecule has 0 spiro atoms. The Morgan fingerprint density at radius 2 is 1.82 bits per heavy atom. The third-order valence-electron chi connectivity index (χ3n) is 4.12. The summed E-state index contributed by atoms with van der Waals surface area (Å²) < 4.78 is 25.8. The summed E-state index contributed by atoms with van der Waals surface area (Å²) in [6.07, 6.45) is 0.981. The molecule has 0 saturated heterocycles. The second-order valence-electron chi connectivity index (χ2n) is 5.65. The van der Waals surface area contributed by atoms with Crippen LogP contribution in [0.3, 0.4) is 0 Å². The highest BCUT2D eigenvalue weighted by molar-refractivity contribution is 9.10. The molecule has 0 saturated carbocycles. The molecule has 0 bridgehead atoms. The van der Waals surface area contributed by atoms with Crippen molar-refractivity contribution in [2.24, 2.45) is 0 Å². The van der Waals surface area contributed by atoms with Gasteiger partial charge >= 0.3 is 0 Å². The number of nitrogens with zero attached hydrogens (tertiary/aromatic N) is 1. The van der Waals surface area contributed by atoms with Gasteiger partial charge in [0, 0.05) is 22.7 Å². The van der Waals surface area contributed by atoms with Crippen LogP contribution in [-0.4, -0.2) is 26.8 Å². The first-order valence-electron chi connectivity index (χ1n) is 7.30. The summed E-state index contributed by atoms with van der Waals surface area (Å²) in [6.45, 7) is 2.67. The first-order chi connectivity index (χ1) is 10.5. The van der Waals surface area contributed by atoms with Gasteiger partial charge < -0.3 is 4.90 Å². The molecule has 1 aliphatic heterocycles. The Morgan fingerprint density at radius 3 is 2.55 bits per heavy atom. The summed E-state index contributed by atoms with van der Waals surface area (Å²) in [6, 6.07) is 15.4. The van der Waals surface area contributed by atoms with Crippen LogP contribution < -0.4 is 4.90 Å². The SMILES string of the molecule is C[C@@H]1Cc2ccccc2N1CCS(=O)(=O)c1ccc(Br)cc1. The number of hydrogen-bond acceptors (Lipinski definition) is 3. The van der Waals surface area contributed by atoms with E-state index in [1.807, 2.05) is 12.1 Å². The van der Waals surface area contributed by atoms with Gasteiger partial charge in [-0.1, -0.05) is 34.1 Å². The summed E-state index contributed by atoms with van der Waals surface area (Å²) in [4.78, 5) is 2.59. The Kier molecular flexibility index (Phi) is 4.28. The van der Waals surface area contributed by atoms with Gasteiger partial charge in [-0.2, -0.15) is 0 Å². The van der Waals surface area contributed by atoms with Gasteiger partial charge in [-0.15, -0.1) is 0 Å². The third-order valence-corrected chi connectivity index (χ3v) is 6.36. The summed E-state index contributed by atoms with van der Waals surface area (Å²) in [5.74, 6) is 0.132. The van der Waals surface area contributed by atoms with Gasteiger partial charge in [0.1, 0.15) is 0 Å². The number of benzene rings is 2. The number of sulfone groups is 1. The van der Waals surface area contributed by atoms with E-state index in [2.05, 4.69) is 39.9 Å². The first kappa shape index (κ1) is 15.6. The fraction of sp³-hybridized carbons (Fsp3) is 0.294. The van der Waals surface area contributed by atoms with Crippen LogP contribution in [0.5, 0.6) is 0 Å². The van der Waals surface area contributed by atoms with E-state index in [-0.39, 0.29) is 5.75 Å². The minimum absolute atomic E-state index is 0.132. The molecular formula is C17H18BrNO2S. The zero-order valence-electron chi connectivity index (χ0n) is 12.4. The smallest absolute Gasteiger partial charge is 0.180 e. The number of para-hydroxylation sites is 1. The largest absolute Gasteiger partial charge is 0.367 e. The molecule has 3 nitrogen and oxygen atoms in total. The van der Waals surface area contributed by atoms with Crippen molar-refractivity contribution < 1.29 is 8.42 Å². The van der Waals surface area contributed by atoms with Crippen LogP contribution in [0.2, 0.25) is 0 Å². The average molecular weight is 380 g/mol. The minimum atomic E-state index is -3.25. The predicted molar refractivity (Wildman–Crippen MR) is 93.1 cm³/mol. The van der Waals surface area contributed by atoms with E-state index in [1.165, 1.54) is 11.3 Å². The van der Waals surface area contributed by atoms with E-state index in [0.717, 1.165) is 10.9 Å². The van der Waals surface area contributed by atoms with Gasteiger partial charge in [-0.3, -0.25) is 0 Å². The lowest BCUT2D eigenvalue weighted by Gasteiger charge is -2.24. The van der Waals surface area contributed by atoms with Crippen molar-refractivity contribution in [3.63, 3.8) is 0 Å². The number of rotatable bonds is 4. The summed E-state index contributed by atoms with van der Waals surface area (Å²) in [5.41, 5.74) is 2.47. The number of halogens is 1. The van der Waals surface area contributed by atoms with E-state index in [1.54, 1.807) is 24.3 Å². The molecular weight excluding hydrogens is 362 g/mol. The second-order valence-corrected chi connectivity index (χ2v) is 8.67. The normalized spacial score (nSPS) is 17.5. The quantitative estimate of drug-likeness (QED) is 0.812.